The van der Waals surface area contributed by atoms with E-state index in [4.69, 9.17) is 0 Å². The van der Waals surface area contributed by atoms with Crippen LogP contribution in [0.2, 0.25) is 0 Å². The van der Waals surface area contributed by atoms with Crippen LogP contribution in [0.4, 0.5) is 26.3 Å². The molecule has 0 aromatic rings. The topological polar surface area (TPSA) is 0 Å². The number of halogens is 6. The Hall–Kier alpha value is -0.680. The van der Waals surface area contributed by atoms with Crippen LogP contribution in [-0.2, 0) is 0 Å². The van der Waals surface area contributed by atoms with Crippen LogP contribution >= 0.6 is 0 Å². The third kappa shape index (κ3) is 3.28. The fourth-order valence-corrected chi connectivity index (χ4v) is 0.869. The highest BCUT2D eigenvalue weighted by Crippen LogP contribution is 2.43. The molecule has 0 heterocycles. The summed E-state index contributed by atoms with van der Waals surface area (Å²) >= 11 is 0. The lowest BCUT2D eigenvalue weighted by Gasteiger charge is -2.23. The van der Waals surface area contributed by atoms with Crippen molar-refractivity contribution in [2.24, 2.45) is 5.92 Å². The van der Waals surface area contributed by atoms with Crippen molar-refractivity contribution >= 4 is 0 Å². The van der Waals surface area contributed by atoms with Crippen molar-refractivity contribution in [2.45, 2.75) is 26.2 Å². The Kier molecular flexibility index (Phi) is 3.40. The van der Waals surface area contributed by atoms with E-state index in [1.807, 2.05) is 0 Å². The highest BCUT2D eigenvalue weighted by Gasteiger charge is 2.57. The minimum absolute atomic E-state index is 0.736. The van der Waals surface area contributed by atoms with Gasteiger partial charge in [0.1, 0.15) is 0 Å². The fourth-order valence-electron chi connectivity index (χ4n) is 0.869. The highest BCUT2D eigenvalue weighted by atomic mass is 19.4. The van der Waals surface area contributed by atoms with Crippen LogP contribution in [0.5, 0.6) is 0 Å². The van der Waals surface area contributed by atoms with Crippen molar-refractivity contribution in [1.82, 2.24) is 0 Å². The molecule has 0 unspecified atom stereocenters. The van der Waals surface area contributed by atoms with E-state index < -0.39 is 23.8 Å². The molecule has 0 amide bonds. The fraction of sp³-hybridized carbons (Fsp3) is 0.714. The van der Waals surface area contributed by atoms with Crippen LogP contribution in [0, 0.1) is 5.92 Å². The van der Waals surface area contributed by atoms with E-state index in [1.165, 1.54) is 0 Å². The first-order chi connectivity index (χ1) is 5.60. The molecule has 78 valence electrons. The summed E-state index contributed by atoms with van der Waals surface area (Å²) in [6.07, 6.45) is -9.73. The molecule has 13 heavy (non-hydrogen) atoms. The van der Waals surface area contributed by atoms with Gasteiger partial charge in [0.15, 0.2) is 5.92 Å². The third-order valence-electron chi connectivity index (χ3n) is 1.57. The van der Waals surface area contributed by atoms with E-state index in [0.717, 1.165) is 19.9 Å². The molecule has 0 radical (unpaired) electrons. The maximum Gasteiger partial charge on any atom is 0.404 e. The Bertz CT molecular complexity index is 182. The molecule has 0 nitrogen and oxygen atoms in total. The molecule has 0 saturated heterocycles. The average molecular weight is 206 g/mol. The van der Waals surface area contributed by atoms with E-state index >= 15 is 0 Å². The van der Waals surface area contributed by atoms with Crippen molar-refractivity contribution in [1.29, 1.82) is 0 Å². The minimum atomic E-state index is -5.27. The zero-order valence-electron chi connectivity index (χ0n) is 6.92. The molecule has 0 rings (SSSR count). The van der Waals surface area contributed by atoms with E-state index in [9.17, 15) is 26.3 Å². The van der Waals surface area contributed by atoms with Gasteiger partial charge >= 0.3 is 12.4 Å². The SMILES string of the molecule is C/C=C(/C)C(C(F)(F)F)C(F)(F)F. The normalized spacial score (nSPS) is 15.3. The second kappa shape index (κ2) is 3.59. The summed E-state index contributed by atoms with van der Waals surface area (Å²) in [6, 6.07) is 0. The molecule has 0 aromatic heterocycles. The lowest BCUT2D eigenvalue weighted by Crippen LogP contribution is -2.37. The predicted molar refractivity (Wildman–Crippen MR) is 35.0 cm³/mol. The van der Waals surface area contributed by atoms with Crippen molar-refractivity contribution in [2.75, 3.05) is 0 Å². The maximum absolute atomic E-state index is 11.9. The second-order valence-corrected chi connectivity index (χ2v) is 2.55. The minimum Gasteiger partial charge on any atom is -0.170 e. The molecule has 0 aromatic carbocycles. The van der Waals surface area contributed by atoms with Gasteiger partial charge in [0.2, 0.25) is 0 Å². The van der Waals surface area contributed by atoms with Crippen molar-refractivity contribution < 1.29 is 26.3 Å². The van der Waals surface area contributed by atoms with Crippen LogP contribution in [0.25, 0.3) is 0 Å². The van der Waals surface area contributed by atoms with E-state index in [-0.39, 0.29) is 0 Å². The molecule has 0 atom stereocenters. The molecule has 0 fully saturated rings. The van der Waals surface area contributed by atoms with Gasteiger partial charge in [-0.2, -0.15) is 26.3 Å². The van der Waals surface area contributed by atoms with Crippen LogP contribution in [0.1, 0.15) is 13.8 Å². The highest BCUT2D eigenvalue weighted by molar-refractivity contribution is 5.07. The lowest BCUT2D eigenvalue weighted by atomic mass is 9.99. The molecule has 6 heteroatoms. The predicted octanol–water partition coefficient (Wildman–Crippen LogP) is 3.69. The van der Waals surface area contributed by atoms with Gasteiger partial charge in [-0.25, -0.2) is 0 Å². The number of hydrogen-bond donors (Lipinski definition) is 0. The molecule has 0 bridgehead atoms. The molecule has 0 N–H and O–H groups in total. The van der Waals surface area contributed by atoms with Gasteiger partial charge in [0.05, 0.1) is 0 Å². The van der Waals surface area contributed by atoms with Crippen LogP contribution < -0.4 is 0 Å². The van der Waals surface area contributed by atoms with Gasteiger partial charge < -0.3 is 0 Å². The third-order valence-corrected chi connectivity index (χ3v) is 1.57. The molecular formula is C7H8F6. The summed E-state index contributed by atoms with van der Waals surface area (Å²) < 4.78 is 71.4. The number of rotatable bonds is 1. The Morgan fingerprint density at radius 3 is 1.38 bits per heavy atom. The van der Waals surface area contributed by atoms with Crippen molar-refractivity contribution in [3.63, 3.8) is 0 Å². The quantitative estimate of drug-likeness (QED) is 0.453. The Morgan fingerprint density at radius 1 is 1.00 bits per heavy atom. The smallest absolute Gasteiger partial charge is 0.170 e. The standard InChI is InChI=1S/C7H8F6/c1-3-4(2)5(6(8,9)10)7(11,12)13/h3,5H,1-2H3/b4-3-. The Morgan fingerprint density at radius 2 is 1.31 bits per heavy atom. The van der Waals surface area contributed by atoms with Gasteiger partial charge in [-0.1, -0.05) is 11.6 Å². The van der Waals surface area contributed by atoms with E-state index in [0.29, 0.717) is 0 Å². The molecule has 0 spiro atoms. The molecule has 0 aliphatic heterocycles. The van der Waals surface area contributed by atoms with Crippen LogP contribution in [-0.4, -0.2) is 12.4 Å². The molecule has 0 aliphatic carbocycles. The van der Waals surface area contributed by atoms with Crippen LogP contribution in [0.15, 0.2) is 11.6 Å². The van der Waals surface area contributed by atoms with Gasteiger partial charge in [0, 0.05) is 0 Å². The molecular weight excluding hydrogens is 198 g/mol. The summed E-state index contributed by atoms with van der Waals surface area (Å²) in [4.78, 5) is 0. The first-order valence-corrected chi connectivity index (χ1v) is 3.37. The van der Waals surface area contributed by atoms with Gasteiger partial charge in [-0.3, -0.25) is 0 Å². The van der Waals surface area contributed by atoms with Crippen molar-refractivity contribution in [3.8, 4) is 0 Å². The largest absolute Gasteiger partial charge is 0.404 e. The van der Waals surface area contributed by atoms with Crippen LogP contribution in [0.3, 0.4) is 0 Å². The summed E-state index contributed by atoms with van der Waals surface area (Å²) in [5, 5.41) is 0. The van der Waals surface area contributed by atoms with Gasteiger partial charge in [-0.05, 0) is 13.8 Å². The zero-order valence-corrected chi connectivity index (χ0v) is 6.92. The number of allylic oxidation sites excluding steroid dienone is 2. The number of alkyl halides is 6. The van der Waals surface area contributed by atoms with Gasteiger partial charge in [0.25, 0.3) is 0 Å². The van der Waals surface area contributed by atoms with E-state index in [1.54, 1.807) is 0 Å². The summed E-state index contributed by atoms with van der Waals surface area (Å²) in [7, 11) is 0. The Balaban J connectivity index is 5.01. The molecule has 0 aliphatic rings. The zero-order chi connectivity index (χ0) is 10.9. The first-order valence-electron chi connectivity index (χ1n) is 3.37. The summed E-state index contributed by atoms with van der Waals surface area (Å²) in [6.45, 7) is 1.95. The van der Waals surface area contributed by atoms with Gasteiger partial charge in [-0.15, -0.1) is 0 Å². The monoisotopic (exact) mass is 206 g/mol. The van der Waals surface area contributed by atoms with Crippen molar-refractivity contribution in [3.05, 3.63) is 11.6 Å². The van der Waals surface area contributed by atoms with E-state index in [2.05, 4.69) is 0 Å². The lowest BCUT2D eigenvalue weighted by molar-refractivity contribution is -0.271. The Labute approximate surface area is 71.2 Å². The second-order valence-electron chi connectivity index (χ2n) is 2.55. The summed E-state index contributed by atoms with van der Waals surface area (Å²) in [5.74, 6) is -3.34. The number of hydrogen-bond acceptors (Lipinski definition) is 0. The maximum atomic E-state index is 11.9. The average Bonchev–Trinajstić information content (AvgIpc) is 1.80. The first kappa shape index (κ1) is 12.3. The summed E-state index contributed by atoms with van der Waals surface area (Å²) in [5.41, 5.74) is -0.736. The molecule has 0 saturated carbocycles.